The minimum absolute atomic E-state index is 0.00852. The number of benzene rings is 1. The highest BCUT2D eigenvalue weighted by Crippen LogP contribution is 2.33. The van der Waals surface area contributed by atoms with Crippen molar-refractivity contribution in [2.24, 2.45) is 0 Å². The number of nitrogens with zero attached hydrogens (tertiary/aromatic N) is 1. The van der Waals surface area contributed by atoms with Gasteiger partial charge in [0.2, 0.25) is 0 Å². The molecule has 1 aliphatic rings. The van der Waals surface area contributed by atoms with Crippen LogP contribution in [0.3, 0.4) is 0 Å². The van der Waals surface area contributed by atoms with Crippen LogP contribution in [-0.2, 0) is 19.4 Å². The number of carbonyl (C=O) groups is 2. The first-order valence-electron chi connectivity index (χ1n) is 10.5. The van der Waals surface area contributed by atoms with Crippen LogP contribution in [0.25, 0.3) is 0 Å². The van der Waals surface area contributed by atoms with E-state index in [-0.39, 0.29) is 34.7 Å². The van der Waals surface area contributed by atoms with Gasteiger partial charge in [0.05, 0.1) is 11.5 Å². The third-order valence-electron chi connectivity index (χ3n) is 5.57. The molecule has 1 saturated heterocycles. The first-order valence-corrected chi connectivity index (χ1v) is 12.3. The molecule has 0 spiro atoms. The lowest BCUT2D eigenvalue weighted by molar-refractivity contribution is -0.141. The number of hydrogen-bond donors (Lipinski definition) is 1. The number of rotatable bonds is 7. The van der Waals surface area contributed by atoms with Crippen LogP contribution in [0.5, 0.6) is 5.75 Å². The molecular weight excluding hydrogens is 406 g/mol. The van der Waals surface area contributed by atoms with E-state index in [1.807, 2.05) is 33.8 Å². The van der Waals surface area contributed by atoms with Crippen LogP contribution in [0.2, 0.25) is 0 Å². The highest BCUT2D eigenvalue weighted by atomic mass is 32.2. The fourth-order valence-electron chi connectivity index (χ4n) is 3.73. The van der Waals surface area contributed by atoms with Gasteiger partial charge in [-0.25, -0.2) is 13.2 Å². The van der Waals surface area contributed by atoms with Crippen LogP contribution in [0, 0.1) is 0 Å². The molecule has 0 bridgehead atoms. The minimum atomic E-state index is -3.14. The molecule has 2 rings (SSSR count). The summed E-state index contributed by atoms with van der Waals surface area (Å²) in [6.07, 6.45) is -0.706. The average Bonchev–Trinajstić information content (AvgIpc) is 3.01. The van der Waals surface area contributed by atoms with Crippen molar-refractivity contribution in [3.8, 4) is 5.75 Å². The van der Waals surface area contributed by atoms with Gasteiger partial charge in [0.1, 0.15) is 11.3 Å². The van der Waals surface area contributed by atoms with E-state index in [1.165, 1.54) is 11.8 Å². The number of esters is 1. The third-order valence-corrected chi connectivity index (χ3v) is 7.33. The monoisotopic (exact) mass is 439 g/mol. The lowest BCUT2D eigenvalue weighted by Gasteiger charge is -2.29. The van der Waals surface area contributed by atoms with Gasteiger partial charge in [-0.2, -0.15) is 0 Å². The fraction of sp³-hybridized carbons (Fsp3) is 0.636. The highest BCUT2D eigenvalue weighted by Gasteiger charge is 2.36. The summed E-state index contributed by atoms with van der Waals surface area (Å²) in [6, 6.07) is 3.08. The van der Waals surface area contributed by atoms with Crippen molar-refractivity contribution in [1.29, 1.82) is 0 Å². The number of ether oxygens (including phenoxy) is 1. The van der Waals surface area contributed by atoms with Crippen LogP contribution in [0.4, 0.5) is 0 Å². The summed E-state index contributed by atoms with van der Waals surface area (Å²) >= 11 is 0. The largest absolute Gasteiger partial charge is 0.507 e. The Morgan fingerprint density at radius 1 is 1.17 bits per heavy atom. The minimum Gasteiger partial charge on any atom is -0.507 e. The maximum atomic E-state index is 12.9. The van der Waals surface area contributed by atoms with Crippen LogP contribution in [-0.4, -0.2) is 60.5 Å². The molecule has 0 saturated carbocycles. The lowest BCUT2D eigenvalue weighted by atomic mass is 9.92. The molecule has 0 radical (unpaired) electrons. The van der Waals surface area contributed by atoms with Crippen molar-refractivity contribution in [2.45, 2.75) is 71.9 Å². The van der Waals surface area contributed by atoms with Gasteiger partial charge in [-0.05, 0) is 49.3 Å². The number of likely N-dealkylation sites (N-methyl/N-ethyl adjacent to an activating group) is 1. The lowest BCUT2D eigenvalue weighted by Crippen LogP contribution is -2.46. The zero-order chi connectivity index (χ0) is 22.8. The van der Waals surface area contributed by atoms with E-state index >= 15 is 0 Å². The van der Waals surface area contributed by atoms with E-state index in [0.717, 1.165) is 5.56 Å². The second-order valence-electron chi connectivity index (χ2n) is 8.54. The molecule has 1 fully saturated rings. The Balaban J connectivity index is 2.23. The summed E-state index contributed by atoms with van der Waals surface area (Å²) < 4.78 is 29.0. The molecule has 1 aromatic rings. The van der Waals surface area contributed by atoms with Gasteiger partial charge in [0.25, 0.3) is 5.91 Å². The second-order valence-corrected chi connectivity index (χ2v) is 10.8. The molecule has 1 amide bonds. The molecule has 0 aliphatic carbocycles. The Morgan fingerprint density at radius 3 is 2.27 bits per heavy atom. The molecule has 1 heterocycles. The Labute approximate surface area is 179 Å². The van der Waals surface area contributed by atoms with E-state index in [4.69, 9.17) is 4.74 Å². The Kier molecular flexibility index (Phi) is 7.55. The molecule has 0 aromatic heterocycles. The maximum absolute atomic E-state index is 12.9. The van der Waals surface area contributed by atoms with E-state index < -0.39 is 33.9 Å². The smallest absolute Gasteiger partial charge is 0.342 e. The van der Waals surface area contributed by atoms with Crippen molar-refractivity contribution in [2.75, 3.05) is 18.1 Å². The molecule has 2 atom stereocenters. The first-order chi connectivity index (χ1) is 13.9. The number of amides is 1. The highest BCUT2D eigenvalue weighted by molar-refractivity contribution is 7.91. The Morgan fingerprint density at radius 2 is 1.80 bits per heavy atom. The van der Waals surface area contributed by atoms with Gasteiger partial charge in [0, 0.05) is 12.6 Å². The topological polar surface area (TPSA) is 101 Å². The van der Waals surface area contributed by atoms with Gasteiger partial charge in [-0.15, -0.1) is 0 Å². The van der Waals surface area contributed by atoms with Gasteiger partial charge in [0.15, 0.2) is 15.9 Å². The van der Waals surface area contributed by atoms with E-state index in [1.54, 1.807) is 13.0 Å². The first kappa shape index (κ1) is 24.2. The second kappa shape index (κ2) is 9.37. The molecule has 0 unspecified atom stereocenters. The van der Waals surface area contributed by atoms with E-state index in [9.17, 15) is 23.1 Å². The number of aromatic hydroxyl groups is 1. The maximum Gasteiger partial charge on any atom is 0.342 e. The molecule has 8 heteroatoms. The van der Waals surface area contributed by atoms with Crippen molar-refractivity contribution in [3.05, 3.63) is 28.8 Å². The summed E-state index contributed by atoms with van der Waals surface area (Å²) in [5.41, 5.74) is 1.59. The molecule has 168 valence electrons. The van der Waals surface area contributed by atoms with E-state index in [2.05, 4.69) is 0 Å². The normalized spacial score (nSPS) is 19.1. The summed E-state index contributed by atoms with van der Waals surface area (Å²) in [4.78, 5) is 27.1. The summed E-state index contributed by atoms with van der Waals surface area (Å²) in [7, 11) is -3.14. The number of carbonyl (C=O) groups excluding carboxylic acids is 2. The standard InChI is InChI=1S/C22H33NO6S/c1-7-23(17-8-9-30(27,28)12-17)21(25)15(6)29-22(26)19-11-16(13(2)3)10-18(14(4)5)20(19)24/h10-11,13-15,17,24H,7-9,12H2,1-6H3/t15-,17+/m1/s1. The molecule has 1 aromatic carbocycles. The summed E-state index contributed by atoms with van der Waals surface area (Å²) in [5.74, 6) is -1.19. The quantitative estimate of drug-likeness (QED) is 0.655. The van der Waals surface area contributed by atoms with Crippen LogP contribution in [0.1, 0.15) is 81.3 Å². The number of hydrogen-bond acceptors (Lipinski definition) is 6. The van der Waals surface area contributed by atoms with Crippen LogP contribution in [0.15, 0.2) is 12.1 Å². The molecule has 7 nitrogen and oxygen atoms in total. The SMILES string of the molecule is CCN(C(=O)[C@@H](C)OC(=O)c1cc(C(C)C)cc(C(C)C)c1O)[C@H]1CCS(=O)(=O)C1. The van der Waals surface area contributed by atoms with E-state index in [0.29, 0.717) is 18.5 Å². The van der Waals surface area contributed by atoms with Gasteiger partial charge in [-0.3, -0.25) is 4.79 Å². The van der Waals surface area contributed by atoms with Crippen LogP contribution >= 0.6 is 0 Å². The van der Waals surface area contributed by atoms with Gasteiger partial charge < -0.3 is 14.7 Å². The van der Waals surface area contributed by atoms with Crippen molar-refractivity contribution in [3.63, 3.8) is 0 Å². The summed E-state index contributed by atoms with van der Waals surface area (Å²) in [6.45, 7) is 11.4. The average molecular weight is 440 g/mol. The zero-order valence-corrected chi connectivity index (χ0v) is 19.5. The predicted molar refractivity (Wildman–Crippen MR) is 116 cm³/mol. The van der Waals surface area contributed by atoms with Crippen molar-refractivity contribution >= 4 is 21.7 Å². The number of phenols is 1. The fourth-order valence-corrected chi connectivity index (χ4v) is 5.46. The Bertz CT molecular complexity index is 906. The molecular formula is C22H33NO6S. The van der Waals surface area contributed by atoms with Crippen molar-refractivity contribution in [1.82, 2.24) is 4.90 Å². The predicted octanol–water partition coefficient (Wildman–Crippen LogP) is 3.22. The van der Waals surface area contributed by atoms with Crippen molar-refractivity contribution < 1.29 is 27.9 Å². The third kappa shape index (κ3) is 5.33. The Hall–Kier alpha value is -2.09. The molecule has 1 aliphatic heterocycles. The molecule has 30 heavy (non-hydrogen) atoms. The number of sulfone groups is 1. The summed E-state index contributed by atoms with van der Waals surface area (Å²) in [5, 5.41) is 10.6. The van der Waals surface area contributed by atoms with Gasteiger partial charge >= 0.3 is 5.97 Å². The zero-order valence-electron chi connectivity index (χ0n) is 18.6. The number of phenolic OH excluding ortho intramolecular Hbond substituents is 1. The molecule has 1 N–H and O–H groups in total. The van der Waals surface area contributed by atoms with Crippen LogP contribution < -0.4 is 0 Å². The van der Waals surface area contributed by atoms with Gasteiger partial charge in [-0.1, -0.05) is 33.8 Å².